The Bertz CT molecular complexity index is 328. The zero-order valence-electron chi connectivity index (χ0n) is 6.70. The van der Waals surface area contributed by atoms with E-state index in [0.717, 1.165) is 6.92 Å². The highest BCUT2D eigenvalue weighted by Crippen LogP contribution is 2.19. The summed E-state index contributed by atoms with van der Waals surface area (Å²) in [5.74, 6) is -3.91. The van der Waals surface area contributed by atoms with Crippen molar-refractivity contribution in [1.82, 2.24) is 0 Å². The lowest BCUT2D eigenvalue weighted by Crippen LogP contribution is -2.09. The van der Waals surface area contributed by atoms with Gasteiger partial charge in [-0.15, -0.1) is 0 Å². The van der Waals surface area contributed by atoms with E-state index in [9.17, 15) is 18.0 Å². The fourth-order valence-electron chi connectivity index (χ4n) is 0.838. The van der Waals surface area contributed by atoms with Crippen molar-refractivity contribution in [1.29, 1.82) is 0 Å². The van der Waals surface area contributed by atoms with Crippen LogP contribution in [-0.4, -0.2) is 5.91 Å². The quantitative estimate of drug-likeness (QED) is 0.719. The monoisotopic (exact) mass is 189 g/mol. The Hall–Kier alpha value is -1.52. The van der Waals surface area contributed by atoms with Gasteiger partial charge in [-0.2, -0.15) is 0 Å². The average Bonchev–Trinajstić information content (AvgIpc) is 1.96. The summed E-state index contributed by atoms with van der Waals surface area (Å²) in [6, 6.07) is 0.989. The van der Waals surface area contributed by atoms with Gasteiger partial charge in [-0.1, -0.05) is 0 Å². The van der Waals surface area contributed by atoms with Gasteiger partial charge in [0.2, 0.25) is 5.91 Å². The maximum atomic E-state index is 12.8. The third kappa shape index (κ3) is 2.21. The highest BCUT2D eigenvalue weighted by Gasteiger charge is 2.11. The largest absolute Gasteiger partial charge is 0.321 e. The minimum atomic E-state index is -1.13. The van der Waals surface area contributed by atoms with E-state index in [-0.39, 0.29) is 0 Å². The maximum absolute atomic E-state index is 12.8. The standard InChI is InChI=1S/C8H6F3NO/c1-4(13)12-8-6(10)2-5(9)3-7(8)11/h2-3H,1H3,(H,12,13). The van der Waals surface area contributed by atoms with E-state index < -0.39 is 29.0 Å². The van der Waals surface area contributed by atoms with Crippen LogP contribution < -0.4 is 5.32 Å². The van der Waals surface area contributed by atoms with Gasteiger partial charge in [0.05, 0.1) is 0 Å². The first-order chi connectivity index (χ1) is 6.00. The molecule has 0 spiro atoms. The van der Waals surface area contributed by atoms with Crippen LogP contribution in [-0.2, 0) is 4.79 Å². The molecule has 0 aliphatic rings. The van der Waals surface area contributed by atoms with Gasteiger partial charge in [0.25, 0.3) is 0 Å². The number of amides is 1. The molecule has 0 heterocycles. The van der Waals surface area contributed by atoms with E-state index in [1.54, 1.807) is 0 Å². The molecule has 1 rings (SSSR count). The molecule has 0 bridgehead atoms. The maximum Gasteiger partial charge on any atom is 0.221 e. The zero-order valence-corrected chi connectivity index (χ0v) is 6.70. The summed E-state index contributed by atoms with van der Waals surface area (Å²) in [5, 5.41) is 1.91. The predicted molar refractivity (Wildman–Crippen MR) is 40.6 cm³/mol. The number of benzene rings is 1. The summed E-state index contributed by atoms with van der Waals surface area (Å²) < 4.78 is 37.9. The van der Waals surface area contributed by atoms with Crippen LogP contribution in [0.15, 0.2) is 12.1 Å². The Morgan fingerprint density at radius 2 is 1.69 bits per heavy atom. The van der Waals surface area contributed by atoms with E-state index in [2.05, 4.69) is 0 Å². The van der Waals surface area contributed by atoms with E-state index in [0.29, 0.717) is 12.1 Å². The van der Waals surface area contributed by atoms with Crippen LogP contribution in [0.5, 0.6) is 0 Å². The molecule has 0 saturated carbocycles. The van der Waals surface area contributed by atoms with Crippen molar-refractivity contribution < 1.29 is 18.0 Å². The van der Waals surface area contributed by atoms with Crippen molar-refractivity contribution in [2.45, 2.75) is 6.92 Å². The highest BCUT2D eigenvalue weighted by atomic mass is 19.1. The average molecular weight is 189 g/mol. The summed E-state index contributed by atoms with van der Waals surface area (Å²) >= 11 is 0. The predicted octanol–water partition coefficient (Wildman–Crippen LogP) is 2.06. The van der Waals surface area contributed by atoms with Crippen molar-refractivity contribution in [3.63, 3.8) is 0 Å². The minimum absolute atomic E-state index is 0.494. The number of halogens is 3. The summed E-state index contributed by atoms with van der Waals surface area (Å²) in [7, 11) is 0. The van der Waals surface area contributed by atoms with Crippen LogP contribution in [0.2, 0.25) is 0 Å². The highest BCUT2D eigenvalue weighted by molar-refractivity contribution is 5.88. The van der Waals surface area contributed by atoms with Gasteiger partial charge in [0, 0.05) is 19.1 Å². The summed E-state index contributed by atoms with van der Waals surface area (Å²) in [4.78, 5) is 10.5. The SMILES string of the molecule is CC(=O)Nc1c(F)cc(F)cc1F. The van der Waals surface area contributed by atoms with E-state index in [4.69, 9.17) is 0 Å². The second kappa shape index (κ2) is 3.47. The van der Waals surface area contributed by atoms with E-state index in [1.165, 1.54) is 0 Å². The number of hydrogen-bond donors (Lipinski definition) is 1. The fraction of sp³-hybridized carbons (Fsp3) is 0.125. The van der Waals surface area contributed by atoms with E-state index in [1.807, 2.05) is 5.32 Å². The van der Waals surface area contributed by atoms with Gasteiger partial charge >= 0.3 is 0 Å². The molecule has 1 N–H and O–H groups in total. The molecule has 0 fully saturated rings. The molecule has 0 radical (unpaired) electrons. The first-order valence-corrected chi connectivity index (χ1v) is 3.43. The zero-order chi connectivity index (χ0) is 10.0. The number of carbonyl (C=O) groups is 1. The Balaban J connectivity index is 3.13. The van der Waals surface area contributed by atoms with Crippen LogP contribution in [0, 0.1) is 17.5 Å². The van der Waals surface area contributed by atoms with Gasteiger partial charge in [-0.25, -0.2) is 13.2 Å². The van der Waals surface area contributed by atoms with Crippen molar-refractivity contribution in [2.24, 2.45) is 0 Å². The number of anilines is 1. The topological polar surface area (TPSA) is 29.1 Å². The molecule has 0 aliphatic heterocycles. The third-order valence-electron chi connectivity index (χ3n) is 1.31. The minimum Gasteiger partial charge on any atom is -0.321 e. The Morgan fingerprint density at radius 3 is 2.08 bits per heavy atom. The molecule has 0 saturated heterocycles. The smallest absolute Gasteiger partial charge is 0.221 e. The second-order valence-electron chi connectivity index (χ2n) is 2.43. The normalized spacial score (nSPS) is 9.85. The van der Waals surface area contributed by atoms with E-state index >= 15 is 0 Å². The van der Waals surface area contributed by atoms with Gasteiger partial charge < -0.3 is 5.32 Å². The molecule has 5 heteroatoms. The van der Waals surface area contributed by atoms with Crippen LogP contribution in [0.4, 0.5) is 18.9 Å². The lowest BCUT2D eigenvalue weighted by atomic mass is 10.3. The third-order valence-corrected chi connectivity index (χ3v) is 1.31. The summed E-state index contributed by atoms with van der Waals surface area (Å²) in [6.45, 7) is 1.10. The number of rotatable bonds is 1. The summed E-state index contributed by atoms with van der Waals surface area (Å²) in [6.07, 6.45) is 0. The molecular formula is C8H6F3NO. The molecule has 0 aromatic heterocycles. The molecule has 0 unspecified atom stereocenters. The van der Waals surface area contributed by atoms with Crippen molar-refractivity contribution >= 4 is 11.6 Å². The molecular weight excluding hydrogens is 183 g/mol. The van der Waals surface area contributed by atoms with Crippen LogP contribution in [0.3, 0.4) is 0 Å². The van der Waals surface area contributed by atoms with Crippen molar-refractivity contribution in [2.75, 3.05) is 5.32 Å². The lowest BCUT2D eigenvalue weighted by Gasteiger charge is -2.04. The van der Waals surface area contributed by atoms with Gasteiger partial charge in [0.15, 0.2) is 11.6 Å². The van der Waals surface area contributed by atoms with Gasteiger partial charge in [-0.3, -0.25) is 4.79 Å². The van der Waals surface area contributed by atoms with Gasteiger partial charge in [-0.05, 0) is 0 Å². The number of hydrogen-bond acceptors (Lipinski definition) is 1. The summed E-state index contributed by atoms with van der Waals surface area (Å²) in [5.41, 5.74) is -0.631. The van der Waals surface area contributed by atoms with Crippen LogP contribution >= 0.6 is 0 Å². The molecule has 13 heavy (non-hydrogen) atoms. The Kier molecular flexibility index (Phi) is 2.55. The van der Waals surface area contributed by atoms with Crippen molar-refractivity contribution in [3.05, 3.63) is 29.6 Å². The number of carbonyl (C=O) groups excluding carboxylic acids is 1. The lowest BCUT2D eigenvalue weighted by molar-refractivity contribution is -0.114. The van der Waals surface area contributed by atoms with Crippen LogP contribution in [0.1, 0.15) is 6.92 Å². The molecule has 70 valence electrons. The number of nitrogens with one attached hydrogen (secondary N) is 1. The van der Waals surface area contributed by atoms with Crippen LogP contribution in [0.25, 0.3) is 0 Å². The molecule has 0 aliphatic carbocycles. The first-order valence-electron chi connectivity index (χ1n) is 3.43. The Labute approximate surface area is 72.4 Å². The van der Waals surface area contributed by atoms with Gasteiger partial charge in [0.1, 0.15) is 11.5 Å². The molecule has 2 nitrogen and oxygen atoms in total. The second-order valence-corrected chi connectivity index (χ2v) is 2.43. The molecule has 0 atom stereocenters. The fourth-order valence-corrected chi connectivity index (χ4v) is 0.838. The van der Waals surface area contributed by atoms with Crippen molar-refractivity contribution in [3.8, 4) is 0 Å². The molecule has 1 aromatic rings. The molecule has 1 amide bonds. The Morgan fingerprint density at radius 1 is 1.23 bits per heavy atom. The molecule has 1 aromatic carbocycles. The first kappa shape index (κ1) is 9.57.